The van der Waals surface area contributed by atoms with E-state index in [2.05, 4.69) is 5.32 Å². The maximum absolute atomic E-state index is 12.9. The molecule has 0 bridgehead atoms. The zero-order valence-electron chi connectivity index (χ0n) is 12.0. The van der Waals surface area contributed by atoms with Crippen LogP contribution in [0.4, 0.5) is 9.18 Å². The number of aliphatic hydroxyl groups excluding tert-OH is 1. The van der Waals surface area contributed by atoms with Gasteiger partial charge in [0.25, 0.3) is 0 Å². The SMILES string of the molecule is O=C(O)NC(Cc1ccc(F)cc1)C(=O)N1CCC(O)CC1. The molecule has 0 saturated carbocycles. The molecule has 1 aromatic rings. The van der Waals surface area contributed by atoms with Crippen LogP contribution in [-0.2, 0) is 11.2 Å². The maximum Gasteiger partial charge on any atom is 0.405 e. The number of nitrogens with one attached hydrogen (secondary N) is 1. The Labute approximate surface area is 127 Å². The molecule has 0 radical (unpaired) electrons. The molecule has 1 aromatic carbocycles. The van der Waals surface area contributed by atoms with Crippen molar-refractivity contribution in [1.82, 2.24) is 10.2 Å². The molecule has 3 N–H and O–H groups in total. The molecule has 1 aliphatic heterocycles. The highest BCUT2D eigenvalue weighted by atomic mass is 19.1. The second-order valence-corrected chi connectivity index (χ2v) is 5.39. The average molecular weight is 310 g/mol. The summed E-state index contributed by atoms with van der Waals surface area (Å²) in [6.45, 7) is 0.808. The number of halogens is 1. The van der Waals surface area contributed by atoms with Crippen LogP contribution in [0.15, 0.2) is 24.3 Å². The van der Waals surface area contributed by atoms with Crippen LogP contribution in [0.2, 0.25) is 0 Å². The van der Waals surface area contributed by atoms with Crippen molar-refractivity contribution >= 4 is 12.0 Å². The predicted octanol–water partition coefficient (Wildman–Crippen LogP) is 0.988. The standard InChI is InChI=1S/C15H19FN2O4/c16-11-3-1-10(2-4-11)9-13(17-15(21)22)14(20)18-7-5-12(19)6-8-18/h1-4,12-13,17,19H,5-9H2,(H,21,22). The third-order valence-electron chi connectivity index (χ3n) is 3.73. The number of carbonyl (C=O) groups excluding carboxylic acids is 1. The third kappa shape index (κ3) is 4.42. The Morgan fingerprint density at radius 3 is 2.41 bits per heavy atom. The van der Waals surface area contributed by atoms with Crippen LogP contribution < -0.4 is 5.32 Å². The van der Waals surface area contributed by atoms with Crippen molar-refractivity contribution in [2.75, 3.05) is 13.1 Å². The van der Waals surface area contributed by atoms with Crippen molar-refractivity contribution in [3.05, 3.63) is 35.6 Å². The topological polar surface area (TPSA) is 89.9 Å². The molecule has 6 nitrogen and oxygen atoms in total. The van der Waals surface area contributed by atoms with Crippen LogP contribution in [0.25, 0.3) is 0 Å². The van der Waals surface area contributed by atoms with Gasteiger partial charge in [0.2, 0.25) is 5.91 Å². The Kier molecular flexibility index (Phi) is 5.32. The van der Waals surface area contributed by atoms with Crippen LogP contribution >= 0.6 is 0 Å². The molecule has 1 aliphatic rings. The highest BCUT2D eigenvalue weighted by Crippen LogP contribution is 2.13. The highest BCUT2D eigenvalue weighted by molar-refractivity contribution is 5.85. The van der Waals surface area contributed by atoms with E-state index in [0.717, 1.165) is 0 Å². The first-order valence-corrected chi connectivity index (χ1v) is 7.16. The van der Waals surface area contributed by atoms with Crippen molar-refractivity contribution in [3.63, 3.8) is 0 Å². The van der Waals surface area contributed by atoms with Crippen LogP contribution in [0, 0.1) is 5.82 Å². The lowest BCUT2D eigenvalue weighted by atomic mass is 10.0. The van der Waals surface area contributed by atoms with Gasteiger partial charge in [0, 0.05) is 19.5 Å². The minimum Gasteiger partial charge on any atom is -0.465 e. The Morgan fingerprint density at radius 2 is 1.86 bits per heavy atom. The Bertz CT molecular complexity index is 527. The molecule has 1 unspecified atom stereocenters. The fourth-order valence-electron chi connectivity index (χ4n) is 2.51. The third-order valence-corrected chi connectivity index (χ3v) is 3.73. The molecular formula is C15H19FN2O4. The summed E-state index contributed by atoms with van der Waals surface area (Å²) in [6, 6.07) is 4.68. The van der Waals surface area contributed by atoms with E-state index in [1.807, 2.05) is 0 Å². The number of likely N-dealkylation sites (tertiary alicyclic amines) is 1. The maximum atomic E-state index is 12.9. The molecule has 0 aliphatic carbocycles. The van der Waals surface area contributed by atoms with Gasteiger partial charge >= 0.3 is 6.09 Å². The second-order valence-electron chi connectivity index (χ2n) is 5.39. The quantitative estimate of drug-likeness (QED) is 0.773. The summed E-state index contributed by atoms with van der Waals surface area (Å²) in [5.74, 6) is -0.707. The second kappa shape index (κ2) is 7.22. The number of hydrogen-bond donors (Lipinski definition) is 3. The lowest BCUT2D eigenvalue weighted by Crippen LogP contribution is -2.51. The largest absolute Gasteiger partial charge is 0.465 e. The smallest absolute Gasteiger partial charge is 0.405 e. The average Bonchev–Trinajstić information content (AvgIpc) is 2.48. The number of benzene rings is 1. The monoisotopic (exact) mass is 310 g/mol. The molecule has 120 valence electrons. The number of rotatable bonds is 4. The van der Waals surface area contributed by atoms with Crippen molar-refractivity contribution in [1.29, 1.82) is 0 Å². The summed E-state index contributed by atoms with van der Waals surface area (Å²) in [5, 5.41) is 20.6. The Hall–Kier alpha value is -2.15. The van der Waals surface area contributed by atoms with Crippen LogP contribution in [0.3, 0.4) is 0 Å². The number of carboxylic acid groups (broad SMARTS) is 1. The van der Waals surface area contributed by atoms with Crippen LogP contribution in [0.1, 0.15) is 18.4 Å². The summed E-state index contributed by atoms with van der Waals surface area (Å²) < 4.78 is 12.9. The Balaban J connectivity index is 2.06. The normalized spacial score (nSPS) is 17.1. The number of amides is 2. The molecule has 22 heavy (non-hydrogen) atoms. The van der Waals surface area contributed by atoms with Gasteiger partial charge in [0.1, 0.15) is 11.9 Å². The number of aliphatic hydroxyl groups is 1. The van der Waals surface area contributed by atoms with Gasteiger partial charge in [-0.15, -0.1) is 0 Å². The zero-order valence-corrected chi connectivity index (χ0v) is 12.0. The first kappa shape index (κ1) is 16.2. The fraction of sp³-hybridized carbons (Fsp3) is 0.467. The van der Waals surface area contributed by atoms with E-state index >= 15 is 0 Å². The number of nitrogens with zero attached hydrogens (tertiary/aromatic N) is 1. The summed E-state index contributed by atoms with van der Waals surface area (Å²) in [6.07, 6.45) is -0.557. The fourth-order valence-corrected chi connectivity index (χ4v) is 2.51. The van der Waals surface area contributed by atoms with E-state index in [4.69, 9.17) is 5.11 Å². The van der Waals surface area contributed by atoms with E-state index in [-0.39, 0.29) is 18.1 Å². The minimum absolute atomic E-state index is 0.157. The van der Waals surface area contributed by atoms with Gasteiger partial charge in [-0.3, -0.25) is 4.79 Å². The molecule has 2 rings (SSSR count). The van der Waals surface area contributed by atoms with Crippen LogP contribution in [0.5, 0.6) is 0 Å². The molecular weight excluding hydrogens is 291 g/mol. The Morgan fingerprint density at radius 1 is 1.27 bits per heavy atom. The van der Waals surface area contributed by atoms with Gasteiger partial charge in [-0.2, -0.15) is 0 Å². The van der Waals surface area contributed by atoms with Crippen LogP contribution in [-0.4, -0.2) is 52.3 Å². The van der Waals surface area contributed by atoms with Crippen molar-refractivity contribution in [3.8, 4) is 0 Å². The zero-order chi connectivity index (χ0) is 16.1. The molecule has 1 fully saturated rings. The van der Waals surface area contributed by atoms with Gasteiger partial charge < -0.3 is 20.4 Å². The number of hydrogen-bond acceptors (Lipinski definition) is 3. The lowest BCUT2D eigenvalue weighted by Gasteiger charge is -2.32. The highest BCUT2D eigenvalue weighted by Gasteiger charge is 2.28. The first-order valence-electron chi connectivity index (χ1n) is 7.16. The molecule has 0 spiro atoms. The van der Waals surface area contributed by atoms with Gasteiger partial charge in [-0.1, -0.05) is 12.1 Å². The lowest BCUT2D eigenvalue weighted by molar-refractivity contribution is -0.135. The first-order chi connectivity index (χ1) is 10.5. The molecule has 0 aromatic heterocycles. The molecule has 1 atom stereocenters. The van der Waals surface area contributed by atoms with Gasteiger partial charge in [0.05, 0.1) is 6.10 Å². The van der Waals surface area contributed by atoms with E-state index < -0.39 is 18.2 Å². The van der Waals surface area contributed by atoms with Crippen molar-refractivity contribution in [2.24, 2.45) is 0 Å². The molecule has 2 amide bonds. The summed E-state index contributed by atoms with van der Waals surface area (Å²) in [4.78, 5) is 24.9. The minimum atomic E-state index is -1.28. The molecule has 1 heterocycles. The van der Waals surface area contributed by atoms with E-state index in [1.54, 1.807) is 4.90 Å². The van der Waals surface area contributed by atoms with Crippen molar-refractivity contribution in [2.45, 2.75) is 31.4 Å². The van der Waals surface area contributed by atoms with E-state index in [1.165, 1.54) is 24.3 Å². The van der Waals surface area contributed by atoms with Gasteiger partial charge in [-0.25, -0.2) is 9.18 Å². The van der Waals surface area contributed by atoms with Gasteiger partial charge in [-0.05, 0) is 30.5 Å². The van der Waals surface area contributed by atoms with Crippen molar-refractivity contribution < 1.29 is 24.2 Å². The van der Waals surface area contributed by atoms with Gasteiger partial charge in [0.15, 0.2) is 0 Å². The number of carbonyl (C=O) groups is 2. The molecule has 1 saturated heterocycles. The van der Waals surface area contributed by atoms with E-state index in [0.29, 0.717) is 31.5 Å². The summed E-state index contributed by atoms with van der Waals surface area (Å²) in [5.41, 5.74) is 0.672. The predicted molar refractivity (Wildman–Crippen MR) is 76.9 cm³/mol. The van der Waals surface area contributed by atoms with E-state index in [9.17, 15) is 19.1 Å². The number of piperidine rings is 1. The molecule has 7 heteroatoms. The summed E-state index contributed by atoms with van der Waals surface area (Å²) in [7, 11) is 0. The summed E-state index contributed by atoms with van der Waals surface area (Å²) >= 11 is 0.